The number of nitrogens with two attached hydrogens (primary N) is 1. The number of rotatable bonds is 7. The van der Waals surface area contributed by atoms with Crippen LogP contribution in [-0.4, -0.2) is 35.2 Å². The fourth-order valence-electron chi connectivity index (χ4n) is 2.33. The Morgan fingerprint density at radius 3 is 2.39 bits per heavy atom. The van der Waals surface area contributed by atoms with Gasteiger partial charge in [-0.2, -0.15) is 0 Å². The van der Waals surface area contributed by atoms with Gasteiger partial charge in [0.2, 0.25) is 11.6 Å². The van der Waals surface area contributed by atoms with Crippen LogP contribution in [0, 0.1) is 0 Å². The van der Waals surface area contributed by atoms with Gasteiger partial charge in [0.25, 0.3) is 0 Å². The standard InChI is InChI=1S/C16H17ClN2O4/c17-12-13(19-8-4-3-7-11(18)16(22)23)15(21)10-6-2-1-5-9(10)14(12)20/h1-2,5-6,11,19H,3-4,7-8,18H2,(H,22,23)/t11-/m0/s1. The molecule has 0 aromatic heterocycles. The largest absolute Gasteiger partial charge is 0.480 e. The minimum Gasteiger partial charge on any atom is -0.480 e. The highest BCUT2D eigenvalue weighted by atomic mass is 35.5. The molecule has 0 radical (unpaired) electrons. The van der Waals surface area contributed by atoms with Gasteiger partial charge in [-0.3, -0.25) is 14.4 Å². The Kier molecular flexibility index (Phi) is 5.52. The number of carboxylic acids is 1. The molecule has 0 bridgehead atoms. The number of hydrogen-bond donors (Lipinski definition) is 3. The van der Waals surface area contributed by atoms with E-state index in [9.17, 15) is 14.4 Å². The van der Waals surface area contributed by atoms with E-state index in [0.29, 0.717) is 36.9 Å². The van der Waals surface area contributed by atoms with Crippen LogP contribution in [0.1, 0.15) is 40.0 Å². The van der Waals surface area contributed by atoms with E-state index in [1.165, 1.54) is 0 Å². The molecule has 7 heteroatoms. The number of carbonyl (C=O) groups is 3. The maximum absolute atomic E-state index is 12.4. The molecule has 1 atom stereocenters. The smallest absolute Gasteiger partial charge is 0.320 e. The van der Waals surface area contributed by atoms with Crippen LogP contribution in [0.4, 0.5) is 0 Å². The number of hydrogen-bond acceptors (Lipinski definition) is 5. The third-order valence-electron chi connectivity index (χ3n) is 3.62. The minimum atomic E-state index is -1.03. The second kappa shape index (κ2) is 7.39. The van der Waals surface area contributed by atoms with Crippen LogP contribution in [0.3, 0.4) is 0 Å². The number of aliphatic carboxylic acids is 1. The maximum Gasteiger partial charge on any atom is 0.320 e. The van der Waals surface area contributed by atoms with Gasteiger partial charge in [0, 0.05) is 17.7 Å². The minimum absolute atomic E-state index is 0.0953. The fraction of sp³-hybridized carbons (Fsp3) is 0.312. The number of nitrogens with one attached hydrogen (secondary N) is 1. The number of allylic oxidation sites excluding steroid dienone is 2. The zero-order chi connectivity index (χ0) is 17.0. The predicted molar refractivity (Wildman–Crippen MR) is 85.4 cm³/mol. The number of unbranched alkanes of at least 4 members (excludes halogenated alkanes) is 1. The number of carbonyl (C=O) groups excluding carboxylic acids is 2. The lowest BCUT2D eigenvalue weighted by Gasteiger charge is -2.18. The van der Waals surface area contributed by atoms with Crippen molar-refractivity contribution in [3.05, 3.63) is 46.1 Å². The van der Waals surface area contributed by atoms with Crippen molar-refractivity contribution in [3.63, 3.8) is 0 Å². The zero-order valence-electron chi connectivity index (χ0n) is 12.3. The Bertz CT molecular complexity index is 684. The van der Waals surface area contributed by atoms with Gasteiger partial charge in [-0.25, -0.2) is 0 Å². The van der Waals surface area contributed by atoms with Crippen LogP contribution in [0.5, 0.6) is 0 Å². The summed E-state index contributed by atoms with van der Waals surface area (Å²) in [5.41, 5.74) is 6.14. The summed E-state index contributed by atoms with van der Waals surface area (Å²) in [4.78, 5) is 35.1. The molecule has 4 N–H and O–H groups in total. The van der Waals surface area contributed by atoms with Crippen LogP contribution in [0.15, 0.2) is 35.0 Å². The van der Waals surface area contributed by atoms with Crippen LogP contribution in [0.2, 0.25) is 0 Å². The van der Waals surface area contributed by atoms with Gasteiger partial charge in [0.05, 0.1) is 0 Å². The Balaban J connectivity index is 1.95. The van der Waals surface area contributed by atoms with Gasteiger partial charge in [-0.05, 0) is 19.3 Å². The molecule has 0 spiro atoms. The molecule has 122 valence electrons. The van der Waals surface area contributed by atoms with Gasteiger partial charge in [-0.15, -0.1) is 0 Å². The van der Waals surface area contributed by atoms with Gasteiger partial charge in [0.1, 0.15) is 16.8 Å². The normalized spacial score (nSPS) is 15.4. The molecule has 0 saturated heterocycles. The Morgan fingerprint density at radius 2 is 1.78 bits per heavy atom. The Labute approximate surface area is 138 Å². The Morgan fingerprint density at radius 1 is 1.17 bits per heavy atom. The number of halogens is 1. The van der Waals surface area contributed by atoms with Crippen molar-refractivity contribution in [2.24, 2.45) is 5.73 Å². The molecule has 1 aromatic carbocycles. The van der Waals surface area contributed by atoms with E-state index in [4.69, 9.17) is 22.4 Å². The van der Waals surface area contributed by atoms with E-state index in [1.807, 2.05) is 0 Å². The number of ketones is 2. The van der Waals surface area contributed by atoms with Crippen LogP contribution in [-0.2, 0) is 4.79 Å². The van der Waals surface area contributed by atoms with Crippen molar-refractivity contribution in [1.29, 1.82) is 0 Å². The second-order valence-corrected chi connectivity index (χ2v) is 5.64. The quantitative estimate of drug-likeness (QED) is 0.654. The molecule has 0 saturated carbocycles. The van der Waals surface area contributed by atoms with E-state index >= 15 is 0 Å². The first-order chi connectivity index (χ1) is 10.9. The van der Waals surface area contributed by atoms with E-state index < -0.39 is 12.0 Å². The van der Waals surface area contributed by atoms with E-state index in [1.54, 1.807) is 24.3 Å². The average Bonchev–Trinajstić information content (AvgIpc) is 2.55. The molecule has 0 aliphatic heterocycles. The Hall–Kier alpha value is -2.18. The van der Waals surface area contributed by atoms with Gasteiger partial charge in [0.15, 0.2) is 0 Å². The molecule has 0 heterocycles. The maximum atomic E-state index is 12.4. The summed E-state index contributed by atoms with van der Waals surface area (Å²) < 4.78 is 0. The predicted octanol–water partition coefficient (Wildman–Crippen LogP) is 1.69. The van der Waals surface area contributed by atoms with Crippen molar-refractivity contribution < 1.29 is 19.5 Å². The summed E-state index contributed by atoms with van der Waals surface area (Å²) in [6.45, 7) is 0.402. The highest BCUT2D eigenvalue weighted by Crippen LogP contribution is 2.27. The van der Waals surface area contributed by atoms with E-state index in [2.05, 4.69) is 5.32 Å². The summed E-state index contributed by atoms with van der Waals surface area (Å²) in [6, 6.07) is 5.64. The van der Waals surface area contributed by atoms with E-state index in [-0.39, 0.29) is 22.3 Å². The first-order valence-corrected chi connectivity index (χ1v) is 7.61. The second-order valence-electron chi connectivity index (χ2n) is 5.26. The summed E-state index contributed by atoms with van der Waals surface area (Å²) in [5.74, 6) is -1.72. The van der Waals surface area contributed by atoms with Crippen molar-refractivity contribution in [1.82, 2.24) is 5.32 Å². The van der Waals surface area contributed by atoms with Crippen LogP contribution >= 0.6 is 11.6 Å². The first-order valence-electron chi connectivity index (χ1n) is 7.24. The third-order valence-corrected chi connectivity index (χ3v) is 3.98. The highest BCUT2D eigenvalue weighted by Gasteiger charge is 2.30. The van der Waals surface area contributed by atoms with Gasteiger partial charge in [-0.1, -0.05) is 35.9 Å². The monoisotopic (exact) mass is 336 g/mol. The average molecular weight is 337 g/mol. The third kappa shape index (κ3) is 3.78. The SMILES string of the molecule is N[C@@H](CCCCNC1=C(Cl)C(=O)c2ccccc2C1=O)C(=O)O. The lowest BCUT2D eigenvalue weighted by Crippen LogP contribution is -2.31. The summed E-state index contributed by atoms with van der Waals surface area (Å²) in [6.07, 6.45) is 1.54. The highest BCUT2D eigenvalue weighted by molar-refractivity contribution is 6.49. The summed E-state index contributed by atoms with van der Waals surface area (Å²) >= 11 is 6.01. The number of fused-ring (bicyclic) bond motifs is 1. The van der Waals surface area contributed by atoms with Crippen LogP contribution in [0.25, 0.3) is 0 Å². The summed E-state index contributed by atoms with van der Waals surface area (Å²) in [5, 5.41) is 11.5. The number of carboxylic acid groups (broad SMARTS) is 1. The number of benzene rings is 1. The molecule has 1 aliphatic carbocycles. The van der Waals surface area contributed by atoms with Crippen molar-refractivity contribution in [2.75, 3.05) is 6.54 Å². The molecule has 0 unspecified atom stereocenters. The first kappa shape index (κ1) is 17.2. The summed E-state index contributed by atoms with van der Waals surface area (Å²) in [7, 11) is 0. The topological polar surface area (TPSA) is 109 Å². The van der Waals surface area contributed by atoms with Crippen molar-refractivity contribution in [3.8, 4) is 0 Å². The molecule has 23 heavy (non-hydrogen) atoms. The molecular formula is C16H17ClN2O4. The van der Waals surface area contributed by atoms with Gasteiger partial charge < -0.3 is 16.2 Å². The molecule has 1 aliphatic rings. The lowest BCUT2D eigenvalue weighted by atomic mass is 9.92. The number of Topliss-reactive ketones (excluding diaryl/α,β-unsaturated/α-hetero) is 2. The lowest BCUT2D eigenvalue weighted by molar-refractivity contribution is -0.138. The molecule has 6 nitrogen and oxygen atoms in total. The molecule has 1 aromatic rings. The molecule has 0 fully saturated rings. The van der Waals surface area contributed by atoms with Crippen molar-refractivity contribution >= 4 is 29.1 Å². The fourth-order valence-corrected chi connectivity index (χ4v) is 2.58. The van der Waals surface area contributed by atoms with Gasteiger partial charge >= 0.3 is 5.97 Å². The van der Waals surface area contributed by atoms with Crippen molar-refractivity contribution in [2.45, 2.75) is 25.3 Å². The zero-order valence-corrected chi connectivity index (χ0v) is 13.1. The molecular weight excluding hydrogens is 320 g/mol. The molecule has 0 amide bonds. The van der Waals surface area contributed by atoms with Crippen LogP contribution < -0.4 is 11.1 Å². The van der Waals surface area contributed by atoms with E-state index in [0.717, 1.165) is 0 Å². The molecule has 2 rings (SSSR count).